The number of halogens is 3. The number of rotatable bonds is 3. The number of alkyl halides is 2. The van der Waals surface area contributed by atoms with Gasteiger partial charge in [0.1, 0.15) is 22.8 Å². The molecule has 0 bridgehead atoms. The number of hydrogen-bond acceptors (Lipinski definition) is 4. The molecule has 0 radical (unpaired) electrons. The Labute approximate surface area is 149 Å². The molecule has 2 aromatic heterocycles. The lowest BCUT2D eigenvalue weighted by molar-refractivity contribution is -0.0505. The fourth-order valence-electron chi connectivity index (χ4n) is 3.29. The third kappa shape index (κ3) is 2.66. The molecular weight excluding hydrogens is 396 g/mol. The molecule has 1 aliphatic carbocycles. The van der Waals surface area contributed by atoms with Crippen molar-refractivity contribution >= 4 is 27.3 Å². The lowest BCUT2D eigenvalue weighted by Gasteiger charge is -2.16. The van der Waals surface area contributed by atoms with Crippen molar-refractivity contribution in [1.82, 2.24) is 9.38 Å². The Hall–Kier alpha value is -2.48. The van der Waals surface area contributed by atoms with Gasteiger partial charge in [0.15, 0.2) is 0 Å². The molecule has 128 valence electrons. The minimum atomic E-state index is -2.91. The molecule has 1 atom stereocenters. The lowest BCUT2D eigenvalue weighted by atomic mass is 9.95. The maximum absolute atomic E-state index is 12.8. The fourth-order valence-corrected chi connectivity index (χ4v) is 3.62. The van der Waals surface area contributed by atoms with Crippen LogP contribution in [0.4, 0.5) is 8.78 Å². The second-order valence-corrected chi connectivity index (χ2v) is 6.56. The van der Waals surface area contributed by atoms with E-state index in [4.69, 9.17) is 0 Å². The van der Waals surface area contributed by atoms with Crippen LogP contribution < -0.4 is 4.74 Å². The molecule has 0 saturated carbocycles. The predicted octanol–water partition coefficient (Wildman–Crippen LogP) is 4.41. The van der Waals surface area contributed by atoms with Gasteiger partial charge in [-0.2, -0.15) is 8.78 Å². The second kappa shape index (κ2) is 6.11. The molecule has 0 fully saturated rings. The molecule has 1 N–H and O–H groups in total. The number of oxime groups is 1. The molecule has 1 unspecified atom stereocenters. The van der Waals surface area contributed by atoms with Gasteiger partial charge >= 0.3 is 6.61 Å². The van der Waals surface area contributed by atoms with Crippen LogP contribution in [0.25, 0.3) is 5.65 Å². The molecule has 3 aromatic rings. The first-order valence-corrected chi connectivity index (χ1v) is 8.30. The van der Waals surface area contributed by atoms with Crippen LogP contribution in [0.15, 0.2) is 52.2 Å². The minimum Gasteiger partial charge on any atom is -0.435 e. The maximum Gasteiger partial charge on any atom is 0.387 e. The SMILES string of the molecule is ON=C1CC(c2ccccc2OC(F)F)c2c1nc1ccc(Br)cn21. The quantitative estimate of drug-likeness (QED) is 0.516. The topological polar surface area (TPSA) is 59.1 Å². The van der Waals surface area contributed by atoms with E-state index in [1.165, 1.54) is 6.07 Å². The highest BCUT2D eigenvalue weighted by Gasteiger charge is 2.36. The van der Waals surface area contributed by atoms with Crippen LogP contribution in [0, 0.1) is 0 Å². The van der Waals surface area contributed by atoms with E-state index < -0.39 is 6.61 Å². The van der Waals surface area contributed by atoms with Gasteiger partial charge in [-0.05, 0) is 34.1 Å². The van der Waals surface area contributed by atoms with Gasteiger partial charge in [-0.1, -0.05) is 23.4 Å². The Morgan fingerprint density at radius 3 is 2.84 bits per heavy atom. The predicted molar refractivity (Wildman–Crippen MR) is 90.7 cm³/mol. The molecule has 0 aliphatic heterocycles. The minimum absolute atomic E-state index is 0.109. The van der Waals surface area contributed by atoms with E-state index in [2.05, 4.69) is 30.8 Å². The summed E-state index contributed by atoms with van der Waals surface area (Å²) in [5.41, 5.74) is 3.06. The van der Waals surface area contributed by atoms with E-state index in [1.807, 2.05) is 22.7 Å². The third-order valence-corrected chi connectivity index (χ3v) is 4.72. The van der Waals surface area contributed by atoms with E-state index in [0.717, 1.165) is 10.2 Å². The summed E-state index contributed by atoms with van der Waals surface area (Å²) in [7, 11) is 0. The first kappa shape index (κ1) is 16.0. The van der Waals surface area contributed by atoms with Crippen molar-refractivity contribution in [2.24, 2.45) is 5.16 Å². The standard InChI is InChI=1S/C17H12BrF2N3O2/c18-9-5-6-14-21-15-12(22-24)7-11(16(15)23(14)8-9)10-3-1-2-4-13(10)25-17(19)20/h1-6,8,11,17,24H,7H2. The summed E-state index contributed by atoms with van der Waals surface area (Å²) in [5, 5.41) is 12.7. The zero-order chi connectivity index (χ0) is 17.6. The van der Waals surface area contributed by atoms with Crippen molar-refractivity contribution in [3.05, 3.63) is 64.0 Å². The fraction of sp³-hybridized carbons (Fsp3) is 0.176. The third-order valence-electron chi connectivity index (χ3n) is 4.25. The van der Waals surface area contributed by atoms with Gasteiger partial charge in [0.05, 0.1) is 5.69 Å². The molecule has 1 aliphatic rings. The van der Waals surface area contributed by atoms with Crippen LogP contribution in [-0.4, -0.2) is 26.9 Å². The van der Waals surface area contributed by atoms with Gasteiger partial charge in [-0.25, -0.2) is 4.98 Å². The Morgan fingerprint density at radius 2 is 2.08 bits per heavy atom. The Morgan fingerprint density at radius 1 is 1.28 bits per heavy atom. The summed E-state index contributed by atoms with van der Waals surface area (Å²) >= 11 is 3.43. The number of aromatic nitrogens is 2. The number of benzene rings is 1. The molecule has 0 amide bonds. The van der Waals surface area contributed by atoms with Gasteiger partial charge in [-0.3, -0.25) is 0 Å². The highest BCUT2D eigenvalue weighted by atomic mass is 79.9. The number of fused-ring (bicyclic) bond motifs is 3. The van der Waals surface area contributed by atoms with E-state index in [0.29, 0.717) is 29.0 Å². The average molecular weight is 408 g/mol. The average Bonchev–Trinajstić information content (AvgIpc) is 3.12. The molecule has 2 heterocycles. The summed E-state index contributed by atoms with van der Waals surface area (Å²) in [6.45, 7) is -2.91. The molecule has 8 heteroatoms. The van der Waals surface area contributed by atoms with Gasteiger partial charge in [0.2, 0.25) is 0 Å². The van der Waals surface area contributed by atoms with Gasteiger partial charge in [-0.15, -0.1) is 0 Å². The second-order valence-electron chi connectivity index (χ2n) is 5.64. The summed E-state index contributed by atoms with van der Waals surface area (Å²) in [6, 6.07) is 10.3. The van der Waals surface area contributed by atoms with Crippen LogP contribution in [-0.2, 0) is 0 Å². The highest BCUT2D eigenvalue weighted by molar-refractivity contribution is 9.10. The van der Waals surface area contributed by atoms with Crippen molar-refractivity contribution in [3.63, 3.8) is 0 Å². The van der Waals surface area contributed by atoms with Crippen molar-refractivity contribution < 1.29 is 18.7 Å². The molecular formula is C17H12BrF2N3O2. The van der Waals surface area contributed by atoms with Crippen molar-refractivity contribution in [3.8, 4) is 5.75 Å². The highest BCUT2D eigenvalue weighted by Crippen LogP contribution is 2.42. The normalized spacial score (nSPS) is 18.2. The van der Waals surface area contributed by atoms with Crippen molar-refractivity contribution in [2.45, 2.75) is 19.0 Å². The van der Waals surface area contributed by atoms with E-state index in [-0.39, 0.29) is 11.7 Å². The van der Waals surface area contributed by atoms with E-state index >= 15 is 0 Å². The van der Waals surface area contributed by atoms with Gasteiger partial charge in [0, 0.05) is 28.6 Å². The maximum atomic E-state index is 12.8. The van der Waals surface area contributed by atoms with Crippen LogP contribution in [0.1, 0.15) is 29.3 Å². The summed E-state index contributed by atoms with van der Waals surface area (Å²) in [5.74, 6) is -0.197. The zero-order valence-electron chi connectivity index (χ0n) is 12.7. The first-order chi connectivity index (χ1) is 12.1. The van der Waals surface area contributed by atoms with E-state index in [1.54, 1.807) is 18.2 Å². The van der Waals surface area contributed by atoms with Crippen molar-refractivity contribution in [1.29, 1.82) is 0 Å². The monoisotopic (exact) mass is 407 g/mol. The molecule has 1 aromatic carbocycles. The molecule has 0 saturated heterocycles. The Bertz CT molecular complexity index is 987. The molecule has 0 spiro atoms. The Kier molecular flexibility index (Phi) is 3.91. The molecule has 4 rings (SSSR count). The number of para-hydroxylation sites is 1. The van der Waals surface area contributed by atoms with Crippen LogP contribution in [0.3, 0.4) is 0 Å². The Balaban J connectivity index is 1.93. The summed E-state index contributed by atoms with van der Waals surface area (Å²) in [6.07, 6.45) is 2.21. The number of hydrogen-bond donors (Lipinski definition) is 1. The molecule has 25 heavy (non-hydrogen) atoms. The van der Waals surface area contributed by atoms with E-state index in [9.17, 15) is 14.0 Å². The number of nitrogens with zero attached hydrogens (tertiary/aromatic N) is 3. The largest absolute Gasteiger partial charge is 0.435 e. The number of pyridine rings is 1. The smallest absolute Gasteiger partial charge is 0.387 e. The first-order valence-electron chi connectivity index (χ1n) is 7.51. The zero-order valence-corrected chi connectivity index (χ0v) is 14.3. The molecule has 5 nitrogen and oxygen atoms in total. The van der Waals surface area contributed by atoms with Gasteiger partial charge in [0.25, 0.3) is 0 Å². The summed E-state index contributed by atoms with van der Waals surface area (Å²) in [4.78, 5) is 4.52. The summed E-state index contributed by atoms with van der Waals surface area (Å²) < 4.78 is 32.9. The lowest BCUT2D eigenvalue weighted by Crippen LogP contribution is -2.08. The van der Waals surface area contributed by atoms with Crippen LogP contribution in [0.5, 0.6) is 5.75 Å². The van der Waals surface area contributed by atoms with Crippen LogP contribution >= 0.6 is 15.9 Å². The number of imidazole rings is 1. The number of ether oxygens (including phenoxy) is 1. The van der Waals surface area contributed by atoms with Crippen molar-refractivity contribution in [2.75, 3.05) is 0 Å². The van der Waals surface area contributed by atoms with Crippen LogP contribution in [0.2, 0.25) is 0 Å². The van der Waals surface area contributed by atoms with Gasteiger partial charge < -0.3 is 14.3 Å².